The first-order valence-electron chi connectivity index (χ1n) is 6.86. The number of rotatable bonds is 5. The van der Waals surface area contributed by atoms with Crippen LogP contribution in [0.15, 0.2) is 48.5 Å². The van der Waals surface area contributed by atoms with Crippen molar-refractivity contribution < 1.29 is 9.47 Å². The second-order valence-corrected chi connectivity index (χ2v) is 5.27. The molecule has 3 rings (SSSR count). The van der Waals surface area contributed by atoms with Crippen LogP contribution in [0, 0.1) is 0 Å². The highest BCUT2D eigenvalue weighted by atomic mass is 16.5. The van der Waals surface area contributed by atoms with Gasteiger partial charge in [0.05, 0.1) is 7.11 Å². The van der Waals surface area contributed by atoms with Gasteiger partial charge < -0.3 is 15.2 Å². The standard InChI is InChI=1S/C17H19NO2/c1-19-16-14(17(18)10-11-17)8-5-9-15(16)20-12-13-6-3-2-4-7-13/h2-9H,10-12,18H2,1H3. The maximum atomic E-state index is 6.28. The van der Waals surface area contributed by atoms with E-state index in [2.05, 4.69) is 0 Å². The SMILES string of the molecule is COc1c(OCc2ccccc2)cccc1C1(N)CC1. The van der Waals surface area contributed by atoms with Crippen molar-refractivity contribution in [3.05, 3.63) is 59.7 Å². The lowest BCUT2D eigenvalue weighted by molar-refractivity contribution is 0.282. The minimum atomic E-state index is -0.225. The molecule has 0 atom stereocenters. The molecule has 0 aromatic heterocycles. The summed E-state index contributed by atoms with van der Waals surface area (Å²) in [4.78, 5) is 0. The Kier molecular flexibility index (Phi) is 3.36. The minimum Gasteiger partial charge on any atom is -0.493 e. The van der Waals surface area contributed by atoms with Crippen LogP contribution in [0.3, 0.4) is 0 Å². The van der Waals surface area contributed by atoms with Gasteiger partial charge in [-0.2, -0.15) is 0 Å². The van der Waals surface area contributed by atoms with E-state index in [0.29, 0.717) is 6.61 Å². The summed E-state index contributed by atoms with van der Waals surface area (Å²) in [6.45, 7) is 0.526. The molecule has 0 radical (unpaired) electrons. The van der Waals surface area contributed by atoms with Gasteiger partial charge >= 0.3 is 0 Å². The average Bonchev–Trinajstić information content (AvgIpc) is 3.24. The Morgan fingerprint density at radius 1 is 1.05 bits per heavy atom. The van der Waals surface area contributed by atoms with Crippen LogP contribution in [0.25, 0.3) is 0 Å². The molecule has 2 aromatic carbocycles. The van der Waals surface area contributed by atoms with E-state index in [0.717, 1.165) is 35.5 Å². The van der Waals surface area contributed by atoms with Gasteiger partial charge in [-0.05, 0) is 24.5 Å². The lowest BCUT2D eigenvalue weighted by atomic mass is 10.0. The second-order valence-electron chi connectivity index (χ2n) is 5.27. The highest BCUT2D eigenvalue weighted by molar-refractivity contribution is 5.51. The largest absolute Gasteiger partial charge is 0.493 e. The Morgan fingerprint density at radius 3 is 2.45 bits per heavy atom. The van der Waals surface area contributed by atoms with Crippen LogP contribution in [-0.2, 0) is 12.1 Å². The molecule has 0 bridgehead atoms. The molecule has 1 fully saturated rings. The first-order chi connectivity index (χ1) is 9.73. The fourth-order valence-electron chi connectivity index (χ4n) is 2.37. The third-order valence-electron chi connectivity index (χ3n) is 3.75. The van der Waals surface area contributed by atoms with Crippen LogP contribution in [0.5, 0.6) is 11.5 Å². The van der Waals surface area contributed by atoms with Gasteiger partial charge in [-0.1, -0.05) is 42.5 Å². The highest BCUT2D eigenvalue weighted by Crippen LogP contribution is 2.49. The predicted octanol–water partition coefficient (Wildman–Crippen LogP) is 3.22. The van der Waals surface area contributed by atoms with Crippen LogP contribution in [0.2, 0.25) is 0 Å². The monoisotopic (exact) mass is 269 g/mol. The summed E-state index contributed by atoms with van der Waals surface area (Å²) in [6.07, 6.45) is 2.01. The van der Waals surface area contributed by atoms with Crippen molar-refractivity contribution in [1.29, 1.82) is 0 Å². The summed E-state index contributed by atoms with van der Waals surface area (Å²) in [7, 11) is 1.67. The van der Waals surface area contributed by atoms with Gasteiger partial charge in [-0.25, -0.2) is 0 Å². The third kappa shape index (κ3) is 2.49. The van der Waals surface area contributed by atoms with E-state index in [1.165, 1.54) is 0 Å². The Hall–Kier alpha value is -2.00. The summed E-state index contributed by atoms with van der Waals surface area (Å²) in [5.41, 5.74) is 8.24. The Balaban J connectivity index is 1.82. The van der Waals surface area contributed by atoms with Crippen molar-refractivity contribution in [2.45, 2.75) is 25.0 Å². The zero-order valence-corrected chi connectivity index (χ0v) is 11.6. The van der Waals surface area contributed by atoms with Gasteiger partial charge in [0.1, 0.15) is 6.61 Å². The van der Waals surface area contributed by atoms with Crippen LogP contribution in [0.4, 0.5) is 0 Å². The normalized spacial score (nSPS) is 15.7. The quantitative estimate of drug-likeness (QED) is 0.906. The van der Waals surface area contributed by atoms with Crippen LogP contribution in [-0.4, -0.2) is 7.11 Å². The molecule has 0 amide bonds. The van der Waals surface area contributed by atoms with Crippen molar-refractivity contribution >= 4 is 0 Å². The molecule has 1 saturated carbocycles. The van der Waals surface area contributed by atoms with Crippen molar-refractivity contribution in [2.24, 2.45) is 5.73 Å². The molecule has 3 nitrogen and oxygen atoms in total. The maximum absolute atomic E-state index is 6.28. The van der Waals surface area contributed by atoms with Gasteiger partial charge in [-0.3, -0.25) is 0 Å². The van der Waals surface area contributed by atoms with E-state index in [1.807, 2.05) is 48.5 Å². The van der Waals surface area contributed by atoms with Crippen LogP contribution < -0.4 is 15.2 Å². The summed E-state index contributed by atoms with van der Waals surface area (Å²) >= 11 is 0. The summed E-state index contributed by atoms with van der Waals surface area (Å²) in [6, 6.07) is 16.0. The zero-order chi connectivity index (χ0) is 14.0. The Bertz CT molecular complexity index is 591. The highest BCUT2D eigenvalue weighted by Gasteiger charge is 2.42. The first-order valence-corrected chi connectivity index (χ1v) is 6.86. The molecule has 104 valence electrons. The second kappa shape index (κ2) is 5.17. The van der Waals surface area contributed by atoms with Crippen molar-refractivity contribution in [3.63, 3.8) is 0 Å². The first kappa shape index (κ1) is 13.0. The molecule has 0 unspecified atom stereocenters. The minimum absolute atomic E-state index is 0.225. The average molecular weight is 269 g/mol. The summed E-state index contributed by atoms with van der Waals surface area (Å²) in [5.74, 6) is 1.52. The summed E-state index contributed by atoms with van der Waals surface area (Å²) < 4.78 is 11.4. The molecule has 0 heterocycles. The van der Waals surface area contributed by atoms with E-state index >= 15 is 0 Å². The van der Waals surface area contributed by atoms with Gasteiger partial charge in [0.2, 0.25) is 0 Å². The molecular weight excluding hydrogens is 250 g/mol. The molecule has 0 aliphatic heterocycles. The fraction of sp³-hybridized carbons (Fsp3) is 0.294. The molecule has 1 aliphatic carbocycles. The number of hydrogen-bond donors (Lipinski definition) is 1. The predicted molar refractivity (Wildman–Crippen MR) is 78.9 cm³/mol. The Labute approximate surface area is 119 Å². The lowest BCUT2D eigenvalue weighted by Gasteiger charge is -2.18. The number of para-hydroxylation sites is 1. The molecule has 2 N–H and O–H groups in total. The number of nitrogens with two attached hydrogens (primary N) is 1. The molecule has 0 saturated heterocycles. The third-order valence-corrected chi connectivity index (χ3v) is 3.75. The van der Waals surface area contributed by atoms with E-state index in [1.54, 1.807) is 7.11 Å². The van der Waals surface area contributed by atoms with E-state index < -0.39 is 0 Å². The van der Waals surface area contributed by atoms with E-state index in [4.69, 9.17) is 15.2 Å². The number of ether oxygens (including phenoxy) is 2. The molecule has 20 heavy (non-hydrogen) atoms. The van der Waals surface area contributed by atoms with Gasteiger partial charge in [0, 0.05) is 11.1 Å². The smallest absolute Gasteiger partial charge is 0.165 e. The lowest BCUT2D eigenvalue weighted by Crippen LogP contribution is -2.19. The molecule has 0 spiro atoms. The fourth-order valence-corrected chi connectivity index (χ4v) is 2.37. The van der Waals surface area contributed by atoms with Crippen LogP contribution >= 0.6 is 0 Å². The topological polar surface area (TPSA) is 44.5 Å². The van der Waals surface area contributed by atoms with Crippen molar-refractivity contribution in [1.82, 2.24) is 0 Å². The molecule has 2 aromatic rings. The number of methoxy groups -OCH3 is 1. The van der Waals surface area contributed by atoms with Gasteiger partial charge in [0.25, 0.3) is 0 Å². The van der Waals surface area contributed by atoms with E-state index in [9.17, 15) is 0 Å². The van der Waals surface area contributed by atoms with Gasteiger partial charge in [0.15, 0.2) is 11.5 Å². The number of benzene rings is 2. The van der Waals surface area contributed by atoms with Crippen LogP contribution in [0.1, 0.15) is 24.0 Å². The molecular formula is C17H19NO2. The molecule has 1 aliphatic rings. The van der Waals surface area contributed by atoms with Gasteiger partial charge in [-0.15, -0.1) is 0 Å². The zero-order valence-electron chi connectivity index (χ0n) is 11.6. The van der Waals surface area contributed by atoms with E-state index in [-0.39, 0.29) is 5.54 Å². The van der Waals surface area contributed by atoms with Crippen molar-refractivity contribution in [2.75, 3.05) is 7.11 Å². The summed E-state index contributed by atoms with van der Waals surface area (Å²) in [5, 5.41) is 0. The Morgan fingerprint density at radius 2 is 1.80 bits per heavy atom. The number of hydrogen-bond acceptors (Lipinski definition) is 3. The van der Waals surface area contributed by atoms with Crippen molar-refractivity contribution in [3.8, 4) is 11.5 Å². The molecule has 3 heteroatoms. The maximum Gasteiger partial charge on any atom is 0.165 e.